The van der Waals surface area contributed by atoms with Gasteiger partial charge in [-0.1, -0.05) is 42.8 Å². The molecule has 0 saturated carbocycles. The van der Waals surface area contributed by atoms with Crippen LogP contribution in [0.4, 0.5) is 23.2 Å². The summed E-state index contributed by atoms with van der Waals surface area (Å²) in [6.45, 7) is 0.876. The maximum absolute atomic E-state index is 14.4. The van der Waals surface area contributed by atoms with Crippen molar-refractivity contribution < 1.29 is 42.1 Å². The third kappa shape index (κ3) is 4.38. The number of aliphatic hydroxyl groups is 1. The number of amides is 1. The number of carbonyl (C=O) groups is 2. The monoisotopic (exact) mass is 523 g/mol. The predicted molar refractivity (Wildman–Crippen MR) is 123 cm³/mol. The standard InChI is InChI=1S/C25H18ClF4NO5/c1-12(16-5-2-13(8-18(16)26)14-3-6-17(23(33)34)19(27)9-14)24(35,25(28,29)30)15-4-7-21-20(10-15)31-22(32)11-36-21/h2-10,12,35H,11H2,1H3,(H,31,32)(H,33,34). The molecule has 188 valence electrons. The smallest absolute Gasteiger partial charge is 0.422 e. The number of benzene rings is 3. The summed E-state index contributed by atoms with van der Waals surface area (Å²) in [5.41, 5.74) is -3.92. The van der Waals surface area contributed by atoms with Crippen molar-refractivity contribution >= 4 is 29.2 Å². The number of rotatable bonds is 5. The van der Waals surface area contributed by atoms with E-state index in [4.69, 9.17) is 21.4 Å². The van der Waals surface area contributed by atoms with Gasteiger partial charge in [-0.2, -0.15) is 13.2 Å². The molecular weight excluding hydrogens is 506 g/mol. The van der Waals surface area contributed by atoms with Crippen LogP contribution in [0.2, 0.25) is 5.02 Å². The molecule has 0 aliphatic carbocycles. The van der Waals surface area contributed by atoms with E-state index < -0.39 is 46.5 Å². The van der Waals surface area contributed by atoms with Gasteiger partial charge in [0.25, 0.3) is 5.91 Å². The number of carboxylic acid groups (broad SMARTS) is 1. The highest BCUT2D eigenvalue weighted by atomic mass is 35.5. The number of ether oxygens (including phenoxy) is 1. The van der Waals surface area contributed by atoms with Gasteiger partial charge in [-0.15, -0.1) is 0 Å². The Balaban J connectivity index is 1.74. The third-order valence-electron chi connectivity index (χ3n) is 6.11. The molecule has 4 rings (SSSR count). The second-order valence-electron chi connectivity index (χ2n) is 8.27. The van der Waals surface area contributed by atoms with Gasteiger partial charge in [0, 0.05) is 10.9 Å². The number of alkyl halides is 3. The molecule has 11 heteroatoms. The number of hydrogen-bond acceptors (Lipinski definition) is 4. The molecule has 2 atom stereocenters. The van der Waals surface area contributed by atoms with Crippen LogP contribution in [0.1, 0.15) is 34.3 Å². The lowest BCUT2D eigenvalue weighted by molar-refractivity contribution is -0.274. The number of aromatic carboxylic acids is 1. The summed E-state index contributed by atoms with van der Waals surface area (Å²) in [5, 5.41) is 22.4. The van der Waals surface area contributed by atoms with E-state index in [1.54, 1.807) is 0 Å². The summed E-state index contributed by atoms with van der Waals surface area (Å²) in [4.78, 5) is 22.6. The lowest BCUT2D eigenvalue weighted by Gasteiger charge is -2.37. The SMILES string of the molecule is CC(c1ccc(-c2ccc(C(=O)O)c(F)c2)cc1Cl)C(O)(c1ccc2c(c1)NC(=O)CO2)C(F)(F)F. The zero-order valence-electron chi connectivity index (χ0n) is 18.5. The van der Waals surface area contributed by atoms with Crippen LogP contribution in [-0.2, 0) is 10.4 Å². The summed E-state index contributed by atoms with van der Waals surface area (Å²) >= 11 is 6.33. The molecule has 36 heavy (non-hydrogen) atoms. The van der Waals surface area contributed by atoms with Crippen molar-refractivity contribution in [2.45, 2.75) is 24.6 Å². The molecule has 3 N–H and O–H groups in total. The maximum atomic E-state index is 14.4. The van der Waals surface area contributed by atoms with Crippen LogP contribution in [-0.4, -0.2) is 34.9 Å². The first-order valence-corrected chi connectivity index (χ1v) is 10.9. The molecule has 1 heterocycles. The minimum absolute atomic E-state index is 0.00750. The number of nitrogens with one attached hydrogen (secondary N) is 1. The molecule has 0 fully saturated rings. The van der Waals surface area contributed by atoms with Crippen molar-refractivity contribution in [2.24, 2.45) is 0 Å². The van der Waals surface area contributed by atoms with Crippen LogP contribution in [0.15, 0.2) is 54.6 Å². The number of fused-ring (bicyclic) bond motifs is 1. The highest BCUT2D eigenvalue weighted by Crippen LogP contribution is 2.51. The van der Waals surface area contributed by atoms with Gasteiger partial charge < -0.3 is 20.3 Å². The molecule has 1 amide bonds. The second-order valence-corrected chi connectivity index (χ2v) is 8.68. The van der Waals surface area contributed by atoms with Gasteiger partial charge >= 0.3 is 12.1 Å². The van der Waals surface area contributed by atoms with Crippen molar-refractivity contribution in [1.82, 2.24) is 0 Å². The lowest BCUT2D eigenvalue weighted by Crippen LogP contribution is -2.46. The van der Waals surface area contributed by atoms with Crippen molar-refractivity contribution in [3.05, 3.63) is 82.1 Å². The number of carboxylic acids is 1. The fourth-order valence-corrected chi connectivity index (χ4v) is 4.47. The minimum atomic E-state index is -5.14. The van der Waals surface area contributed by atoms with Crippen LogP contribution >= 0.6 is 11.6 Å². The predicted octanol–water partition coefficient (Wildman–Crippen LogP) is 5.73. The Morgan fingerprint density at radius 2 is 1.75 bits per heavy atom. The van der Waals surface area contributed by atoms with Gasteiger partial charge in [0.15, 0.2) is 12.2 Å². The summed E-state index contributed by atoms with van der Waals surface area (Å²) < 4.78 is 62.4. The molecule has 0 radical (unpaired) electrons. The van der Waals surface area contributed by atoms with Crippen molar-refractivity contribution in [3.63, 3.8) is 0 Å². The van der Waals surface area contributed by atoms with E-state index in [0.717, 1.165) is 31.2 Å². The lowest BCUT2D eigenvalue weighted by atomic mass is 9.77. The van der Waals surface area contributed by atoms with E-state index in [9.17, 15) is 32.3 Å². The first-order valence-electron chi connectivity index (χ1n) is 10.5. The zero-order valence-corrected chi connectivity index (χ0v) is 19.2. The average molecular weight is 524 g/mol. The van der Waals surface area contributed by atoms with E-state index in [1.807, 2.05) is 0 Å². The molecular formula is C25H18ClF4NO5. The van der Waals surface area contributed by atoms with Gasteiger partial charge in [0.2, 0.25) is 0 Å². The molecule has 1 aliphatic heterocycles. The molecule has 3 aromatic rings. The second kappa shape index (κ2) is 9.11. The highest BCUT2D eigenvalue weighted by molar-refractivity contribution is 6.31. The van der Waals surface area contributed by atoms with Gasteiger partial charge in [-0.3, -0.25) is 4.79 Å². The van der Waals surface area contributed by atoms with Crippen molar-refractivity contribution in [1.29, 1.82) is 0 Å². The van der Waals surface area contributed by atoms with Crippen LogP contribution in [0.5, 0.6) is 5.75 Å². The topological polar surface area (TPSA) is 95.9 Å². The molecule has 0 aromatic heterocycles. The first kappa shape index (κ1) is 25.5. The quantitative estimate of drug-likeness (QED) is 0.371. The summed E-state index contributed by atoms with van der Waals surface area (Å²) in [6, 6.07) is 10.7. The van der Waals surface area contributed by atoms with Gasteiger partial charge in [0.05, 0.1) is 11.3 Å². The van der Waals surface area contributed by atoms with Crippen LogP contribution in [0.25, 0.3) is 11.1 Å². The molecule has 0 saturated heterocycles. The number of carbonyl (C=O) groups excluding carboxylic acids is 1. The Bertz CT molecular complexity index is 1380. The summed E-state index contributed by atoms with van der Waals surface area (Å²) in [5.74, 6) is -4.42. The molecule has 6 nitrogen and oxygen atoms in total. The Morgan fingerprint density at radius 1 is 1.08 bits per heavy atom. The molecule has 0 spiro atoms. The molecule has 2 unspecified atom stereocenters. The Hall–Kier alpha value is -3.63. The van der Waals surface area contributed by atoms with E-state index >= 15 is 0 Å². The van der Waals surface area contributed by atoms with Crippen molar-refractivity contribution in [2.75, 3.05) is 11.9 Å². The van der Waals surface area contributed by atoms with Crippen LogP contribution < -0.4 is 10.1 Å². The van der Waals surface area contributed by atoms with Crippen LogP contribution in [0.3, 0.4) is 0 Å². The van der Waals surface area contributed by atoms with E-state index in [0.29, 0.717) is 5.56 Å². The fraction of sp³-hybridized carbons (Fsp3) is 0.200. The van der Waals surface area contributed by atoms with Crippen molar-refractivity contribution in [3.8, 4) is 16.9 Å². The van der Waals surface area contributed by atoms with Crippen LogP contribution in [0, 0.1) is 5.82 Å². The molecule has 3 aromatic carbocycles. The zero-order chi connectivity index (χ0) is 26.4. The first-order chi connectivity index (χ1) is 16.8. The molecule has 0 bridgehead atoms. The normalized spacial score (nSPS) is 15.8. The maximum Gasteiger partial charge on any atom is 0.422 e. The van der Waals surface area contributed by atoms with Gasteiger partial charge in [-0.25, -0.2) is 9.18 Å². The van der Waals surface area contributed by atoms with E-state index in [2.05, 4.69) is 5.32 Å². The summed E-state index contributed by atoms with van der Waals surface area (Å²) in [6.07, 6.45) is -5.14. The average Bonchev–Trinajstić information content (AvgIpc) is 2.81. The van der Waals surface area contributed by atoms with Gasteiger partial charge in [0.1, 0.15) is 11.6 Å². The Labute approximate surface area is 207 Å². The minimum Gasteiger partial charge on any atom is -0.482 e. The Kier molecular flexibility index (Phi) is 6.44. The Morgan fingerprint density at radius 3 is 2.36 bits per heavy atom. The largest absolute Gasteiger partial charge is 0.482 e. The number of hydrogen-bond donors (Lipinski definition) is 3. The fourth-order valence-electron chi connectivity index (χ4n) is 4.13. The number of halogens is 5. The third-order valence-corrected chi connectivity index (χ3v) is 6.44. The highest BCUT2D eigenvalue weighted by Gasteiger charge is 2.59. The van der Waals surface area contributed by atoms with E-state index in [-0.39, 0.29) is 34.2 Å². The van der Waals surface area contributed by atoms with E-state index in [1.165, 1.54) is 30.3 Å². The number of anilines is 1. The molecule has 1 aliphatic rings. The summed E-state index contributed by atoms with van der Waals surface area (Å²) in [7, 11) is 0. The van der Waals surface area contributed by atoms with Gasteiger partial charge in [-0.05, 0) is 52.6 Å².